The average molecular weight is 303 g/mol. The molecule has 0 radical (unpaired) electrons. The van der Waals surface area contributed by atoms with Gasteiger partial charge in [0.15, 0.2) is 5.78 Å². The first-order valence-corrected chi connectivity index (χ1v) is 6.78. The lowest BCUT2D eigenvalue weighted by atomic mass is 10.2. The number of nitrogens with one attached hydrogen (secondary N) is 1. The van der Waals surface area contributed by atoms with Crippen LogP contribution in [0.15, 0.2) is 30.6 Å². The number of aromatic nitrogens is 2. The monoisotopic (exact) mass is 303 g/mol. The fourth-order valence-electron chi connectivity index (χ4n) is 2.08. The Hall–Kier alpha value is -2.90. The van der Waals surface area contributed by atoms with Crippen LogP contribution in [-0.4, -0.2) is 20.3 Å². The molecule has 0 aliphatic heterocycles. The van der Waals surface area contributed by atoms with Crippen LogP contribution in [0.2, 0.25) is 0 Å². The molecule has 0 amide bonds. The second-order valence-corrected chi connectivity index (χ2v) is 4.83. The van der Waals surface area contributed by atoms with Gasteiger partial charge in [-0.2, -0.15) is 0 Å². The molecule has 0 saturated heterocycles. The first-order valence-electron chi connectivity index (χ1n) is 6.78. The van der Waals surface area contributed by atoms with E-state index in [-0.39, 0.29) is 23.5 Å². The van der Waals surface area contributed by atoms with E-state index >= 15 is 0 Å². The zero-order chi connectivity index (χ0) is 16.3. The molecule has 0 bridgehead atoms. The number of anilines is 2. The molecule has 8 nitrogen and oxygen atoms in total. The SMILES string of the molecule is CCC(Nc1ccc([N+](=O)[O-])c(N)n1)n1ccc(C(C)=O)c1. The Balaban J connectivity index is 2.21. The molecular formula is C14H17N5O3. The van der Waals surface area contributed by atoms with Crippen molar-refractivity contribution in [2.24, 2.45) is 0 Å². The number of nitro groups is 1. The highest BCUT2D eigenvalue weighted by Crippen LogP contribution is 2.23. The lowest BCUT2D eigenvalue weighted by molar-refractivity contribution is -0.384. The first-order chi connectivity index (χ1) is 10.4. The van der Waals surface area contributed by atoms with Crippen molar-refractivity contribution in [2.45, 2.75) is 26.4 Å². The minimum Gasteiger partial charge on any atom is -0.378 e. The van der Waals surface area contributed by atoms with Gasteiger partial charge >= 0.3 is 5.69 Å². The molecule has 0 fully saturated rings. The average Bonchev–Trinajstić information content (AvgIpc) is 2.94. The van der Waals surface area contributed by atoms with Crippen LogP contribution in [0.5, 0.6) is 0 Å². The molecule has 8 heteroatoms. The van der Waals surface area contributed by atoms with Gasteiger partial charge in [0, 0.05) is 24.0 Å². The molecule has 1 unspecified atom stereocenters. The third-order valence-electron chi connectivity index (χ3n) is 3.28. The minimum atomic E-state index is -0.575. The Morgan fingerprint density at radius 1 is 1.50 bits per heavy atom. The fraction of sp³-hybridized carbons (Fsp3) is 0.286. The number of hydrogen-bond donors (Lipinski definition) is 2. The summed E-state index contributed by atoms with van der Waals surface area (Å²) in [5, 5.41) is 13.9. The molecule has 2 rings (SSSR count). The molecule has 0 aliphatic rings. The fourth-order valence-corrected chi connectivity index (χ4v) is 2.08. The molecule has 1 atom stereocenters. The highest BCUT2D eigenvalue weighted by Gasteiger charge is 2.15. The van der Waals surface area contributed by atoms with Crippen molar-refractivity contribution < 1.29 is 9.72 Å². The van der Waals surface area contributed by atoms with E-state index in [0.29, 0.717) is 11.4 Å². The van der Waals surface area contributed by atoms with Crippen molar-refractivity contribution in [1.29, 1.82) is 0 Å². The summed E-state index contributed by atoms with van der Waals surface area (Å²) in [7, 11) is 0. The maximum atomic E-state index is 11.3. The van der Waals surface area contributed by atoms with E-state index in [9.17, 15) is 14.9 Å². The van der Waals surface area contributed by atoms with Crippen LogP contribution in [0, 0.1) is 10.1 Å². The van der Waals surface area contributed by atoms with E-state index in [1.807, 2.05) is 11.5 Å². The molecule has 0 aromatic carbocycles. The molecular weight excluding hydrogens is 286 g/mol. The number of hydrogen-bond acceptors (Lipinski definition) is 6. The zero-order valence-electron chi connectivity index (χ0n) is 12.3. The molecule has 2 aromatic heterocycles. The van der Waals surface area contributed by atoms with Gasteiger partial charge in [-0.05, 0) is 25.5 Å². The molecule has 0 saturated carbocycles. The number of nitrogens with zero attached hydrogens (tertiary/aromatic N) is 3. The number of nitrogen functional groups attached to an aromatic ring is 1. The van der Waals surface area contributed by atoms with Gasteiger partial charge in [-0.1, -0.05) is 6.92 Å². The van der Waals surface area contributed by atoms with Crippen LogP contribution in [0.3, 0.4) is 0 Å². The highest BCUT2D eigenvalue weighted by atomic mass is 16.6. The smallest absolute Gasteiger partial charge is 0.311 e. The summed E-state index contributed by atoms with van der Waals surface area (Å²) < 4.78 is 1.86. The van der Waals surface area contributed by atoms with Crippen molar-refractivity contribution in [2.75, 3.05) is 11.1 Å². The molecule has 3 N–H and O–H groups in total. The number of pyridine rings is 1. The van der Waals surface area contributed by atoms with E-state index in [1.165, 1.54) is 19.1 Å². The standard InChI is InChI=1S/C14H17N5O3/c1-3-13(18-7-6-10(8-18)9(2)20)16-12-5-4-11(19(21)22)14(15)17-12/h4-8,13H,3H2,1-2H3,(H3,15,16,17). The molecule has 2 aromatic rings. The number of Topliss-reactive ketones (excluding diaryl/α,β-unsaturated/α-hetero) is 1. The van der Waals surface area contributed by atoms with Gasteiger partial charge in [-0.3, -0.25) is 14.9 Å². The Labute approximate surface area is 127 Å². The predicted octanol–water partition coefficient (Wildman–Crippen LogP) is 2.60. The second-order valence-electron chi connectivity index (χ2n) is 4.83. The first kappa shape index (κ1) is 15.5. The Bertz CT molecular complexity index is 710. The lowest BCUT2D eigenvalue weighted by Crippen LogP contribution is -2.17. The highest BCUT2D eigenvalue weighted by molar-refractivity contribution is 5.93. The van der Waals surface area contributed by atoms with Crippen molar-refractivity contribution in [3.63, 3.8) is 0 Å². The molecule has 116 valence electrons. The van der Waals surface area contributed by atoms with Crippen molar-refractivity contribution >= 4 is 23.1 Å². The van der Waals surface area contributed by atoms with E-state index in [0.717, 1.165) is 6.42 Å². The largest absolute Gasteiger partial charge is 0.378 e. The number of nitrogens with two attached hydrogens (primary N) is 1. The second kappa shape index (κ2) is 6.25. The third-order valence-corrected chi connectivity index (χ3v) is 3.28. The molecule has 2 heterocycles. The van der Waals surface area contributed by atoms with E-state index in [4.69, 9.17) is 5.73 Å². The van der Waals surface area contributed by atoms with E-state index in [1.54, 1.807) is 18.5 Å². The maximum absolute atomic E-state index is 11.3. The van der Waals surface area contributed by atoms with Crippen molar-refractivity contribution in [3.8, 4) is 0 Å². The van der Waals surface area contributed by atoms with Gasteiger partial charge in [0.25, 0.3) is 0 Å². The van der Waals surface area contributed by atoms with Gasteiger partial charge < -0.3 is 15.6 Å². The molecule has 22 heavy (non-hydrogen) atoms. The van der Waals surface area contributed by atoms with Crippen LogP contribution in [0.25, 0.3) is 0 Å². The van der Waals surface area contributed by atoms with Crippen LogP contribution >= 0.6 is 0 Å². The summed E-state index contributed by atoms with van der Waals surface area (Å²) in [5.41, 5.74) is 5.98. The number of ketones is 1. The van der Waals surface area contributed by atoms with Crippen LogP contribution in [0.4, 0.5) is 17.3 Å². The van der Waals surface area contributed by atoms with Gasteiger partial charge in [-0.25, -0.2) is 4.98 Å². The summed E-state index contributed by atoms with van der Waals surface area (Å²) >= 11 is 0. The van der Waals surface area contributed by atoms with Gasteiger partial charge in [-0.15, -0.1) is 0 Å². The Morgan fingerprint density at radius 2 is 2.23 bits per heavy atom. The topological polar surface area (TPSA) is 116 Å². The van der Waals surface area contributed by atoms with Crippen LogP contribution < -0.4 is 11.1 Å². The third kappa shape index (κ3) is 3.22. The number of rotatable bonds is 6. The maximum Gasteiger partial charge on any atom is 0.311 e. The Kier molecular flexibility index (Phi) is 4.40. The van der Waals surface area contributed by atoms with Gasteiger partial charge in [0.1, 0.15) is 12.0 Å². The minimum absolute atomic E-state index is 0.00805. The number of carbonyl (C=O) groups is 1. The summed E-state index contributed by atoms with van der Waals surface area (Å²) in [6.07, 6.45) is 4.14. The summed E-state index contributed by atoms with van der Waals surface area (Å²) in [4.78, 5) is 25.5. The van der Waals surface area contributed by atoms with Crippen molar-refractivity contribution in [3.05, 3.63) is 46.3 Å². The normalized spacial score (nSPS) is 11.9. The molecule has 0 aliphatic carbocycles. The van der Waals surface area contributed by atoms with Gasteiger partial charge in [0.2, 0.25) is 5.82 Å². The summed E-state index contributed by atoms with van der Waals surface area (Å²) in [5.74, 6) is 0.293. The van der Waals surface area contributed by atoms with Crippen molar-refractivity contribution in [1.82, 2.24) is 9.55 Å². The zero-order valence-corrected chi connectivity index (χ0v) is 12.3. The van der Waals surface area contributed by atoms with Crippen LogP contribution in [0.1, 0.15) is 36.8 Å². The lowest BCUT2D eigenvalue weighted by Gasteiger charge is -2.19. The van der Waals surface area contributed by atoms with E-state index in [2.05, 4.69) is 10.3 Å². The van der Waals surface area contributed by atoms with Gasteiger partial charge in [0.05, 0.1) is 4.92 Å². The summed E-state index contributed by atoms with van der Waals surface area (Å²) in [6.45, 7) is 3.48. The number of carbonyl (C=O) groups excluding carboxylic acids is 1. The molecule has 0 spiro atoms. The predicted molar refractivity (Wildman–Crippen MR) is 82.7 cm³/mol. The summed E-state index contributed by atoms with van der Waals surface area (Å²) in [6, 6.07) is 4.56. The van der Waals surface area contributed by atoms with Crippen LogP contribution in [-0.2, 0) is 0 Å². The van der Waals surface area contributed by atoms with E-state index < -0.39 is 4.92 Å². The Morgan fingerprint density at radius 3 is 2.73 bits per heavy atom. The quantitative estimate of drug-likeness (QED) is 0.481.